The third kappa shape index (κ3) is 2.18. The Hall–Kier alpha value is -1.54. The number of aromatic nitrogens is 3. The number of thiazole rings is 1. The zero-order valence-corrected chi connectivity index (χ0v) is 12.4. The first-order chi connectivity index (χ1) is 9.43. The molecule has 20 heavy (non-hydrogen) atoms. The molecule has 1 aliphatic heterocycles. The van der Waals surface area contributed by atoms with Gasteiger partial charge in [0.2, 0.25) is 0 Å². The molecule has 3 rings (SSSR count). The Morgan fingerprint density at radius 1 is 1.50 bits per heavy atom. The summed E-state index contributed by atoms with van der Waals surface area (Å²) in [5.41, 5.74) is 0.359. The van der Waals surface area contributed by atoms with Gasteiger partial charge in [-0.1, -0.05) is 0 Å². The highest BCUT2D eigenvalue weighted by molar-refractivity contribution is 7.91. The fourth-order valence-electron chi connectivity index (χ4n) is 2.43. The van der Waals surface area contributed by atoms with Crippen molar-refractivity contribution in [3.63, 3.8) is 0 Å². The van der Waals surface area contributed by atoms with Crippen LogP contribution in [0, 0.1) is 0 Å². The van der Waals surface area contributed by atoms with Gasteiger partial charge in [-0.05, 0) is 13.3 Å². The van der Waals surface area contributed by atoms with E-state index >= 15 is 0 Å². The monoisotopic (exact) mass is 311 g/mol. The van der Waals surface area contributed by atoms with Crippen molar-refractivity contribution in [2.24, 2.45) is 0 Å². The van der Waals surface area contributed by atoms with Crippen molar-refractivity contribution >= 4 is 27.5 Å². The fourth-order valence-corrected chi connectivity index (χ4v) is 5.19. The van der Waals surface area contributed by atoms with Crippen LogP contribution in [-0.2, 0) is 15.4 Å². The highest BCUT2D eigenvalue weighted by atomic mass is 32.2. The second-order valence-electron chi connectivity index (χ2n) is 5.17. The van der Waals surface area contributed by atoms with E-state index in [1.165, 1.54) is 11.3 Å². The standard InChI is InChI=1S/C12H13N3O3S2/c1-12(2-5-20(17,18)8-12)15-6-9(7-16)10(14-15)11-13-3-4-19-11/h3-4,6-7H,2,5,8H2,1H3. The van der Waals surface area contributed by atoms with E-state index in [1.54, 1.807) is 17.1 Å². The zero-order chi connectivity index (χ0) is 14.4. The van der Waals surface area contributed by atoms with Gasteiger partial charge in [0.05, 0.1) is 22.6 Å². The number of hydrogen-bond donors (Lipinski definition) is 0. The summed E-state index contributed by atoms with van der Waals surface area (Å²) in [4.78, 5) is 15.3. The molecule has 0 amide bonds. The summed E-state index contributed by atoms with van der Waals surface area (Å²) in [7, 11) is -3.03. The lowest BCUT2D eigenvalue weighted by Crippen LogP contribution is -2.31. The molecule has 1 fully saturated rings. The molecule has 3 heterocycles. The molecular weight excluding hydrogens is 298 g/mol. The summed E-state index contributed by atoms with van der Waals surface area (Å²) >= 11 is 1.40. The molecule has 1 unspecified atom stereocenters. The third-order valence-corrected chi connectivity index (χ3v) is 6.21. The maximum absolute atomic E-state index is 11.7. The number of rotatable bonds is 3. The second-order valence-corrected chi connectivity index (χ2v) is 8.25. The van der Waals surface area contributed by atoms with Gasteiger partial charge < -0.3 is 0 Å². The molecule has 0 saturated carbocycles. The molecular formula is C12H13N3O3S2. The first-order valence-electron chi connectivity index (χ1n) is 6.09. The van der Waals surface area contributed by atoms with Gasteiger partial charge in [0.15, 0.2) is 16.1 Å². The van der Waals surface area contributed by atoms with Gasteiger partial charge >= 0.3 is 0 Å². The number of hydrogen-bond acceptors (Lipinski definition) is 6. The molecule has 1 aliphatic rings. The summed E-state index contributed by atoms with van der Waals surface area (Å²) in [6, 6.07) is 0. The minimum atomic E-state index is -3.03. The van der Waals surface area contributed by atoms with Crippen LogP contribution in [0.4, 0.5) is 0 Å². The number of carbonyl (C=O) groups excluding carboxylic acids is 1. The Morgan fingerprint density at radius 2 is 2.30 bits per heavy atom. The Balaban J connectivity index is 2.06. The van der Waals surface area contributed by atoms with Crippen LogP contribution < -0.4 is 0 Å². The molecule has 0 aliphatic carbocycles. The van der Waals surface area contributed by atoms with Crippen molar-refractivity contribution in [3.05, 3.63) is 23.3 Å². The van der Waals surface area contributed by atoms with E-state index in [1.807, 2.05) is 12.3 Å². The Morgan fingerprint density at radius 3 is 2.85 bits per heavy atom. The maximum atomic E-state index is 11.7. The number of carbonyl (C=O) groups is 1. The van der Waals surface area contributed by atoms with Gasteiger partial charge in [-0.3, -0.25) is 9.48 Å². The quantitative estimate of drug-likeness (QED) is 0.799. The van der Waals surface area contributed by atoms with Crippen LogP contribution in [0.5, 0.6) is 0 Å². The summed E-state index contributed by atoms with van der Waals surface area (Å²) in [5.74, 6) is 0.212. The Labute approximate surface area is 120 Å². The van der Waals surface area contributed by atoms with Gasteiger partial charge in [-0.2, -0.15) is 5.10 Å². The lowest BCUT2D eigenvalue weighted by Gasteiger charge is -2.22. The third-order valence-electron chi connectivity index (χ3n) is 3.54. The minimum absolute atomic E-state index is 0.0529. The molecule has 106 valence electrons. The molecule has 0 radical (unpaired) electrons. The van der Waals surface area contributed by atoms with Crippen molar-refractivity contribution in [2.45, 2.75) is 18.9 Å². The molecule has 2 aromatic rings. The minimum Gasteiger partial charge on any atom is -0.298 e. The average molecular weight is 311 g/mol. The molecule has 6 nitrogen and oxygen atoms in total. The largest absolute Gasteiger partial charge is 0.298 e. The van der Waals surface area contributed by atoms with Gasteiger partial charge in [0.25, 0.3) is 0 Å². The van der Waals surface area contributed by atoms with Crippen molar-refractivity contribution in [3.8, 4) is 10.7 Å². The summed E-state index contributed by atoms with van der Waals surface area (Å²) < 4.78 is 25.0. The summed E-state index contributed by atoms with van der Waals surface area (Å²) in [6.07, 6.45) is 4.50. The van der Waals surface area contributed by atoms with Crippen LogP contribution in [0.15, 0.2) is 17.8 Å². The lowest BCUT2D eigenvalue weighted by atomic mass is 10.0. The second kappa shape index (κ2) is 4.49. The number of nitrogens with zero attached hydrogens (tertiary/aromatic N) is 3. The highest BCUT2D eigenvalue weighted by Gasteiger charge is 2.41. The lowest BCUT2D eigenvalue weighted by molar-refractivity contribution is 0.112. The van der Waals surface area contributed by atoms with Gasteiger partial charge in [0, 0.05) is 17.8 Å². The van der Waals surface area contributed by atoms with E-state index in [0.29, 0.717) is 22.7 Å². The molecule has 0 spiro atoms. The molecule has 1 atom stereocenters. The van der Waals surface area contributed by atoms with Crippen LogP contribution in [-0.4, -0.2) is 41.0 Å². The van der Waals surface area contributed by atoms with Gasteiger partial charge in [0.1, 0.15) is 10.7 Å². The van der Waals surface area contributed by atoms with E-state index in [0.717, 1.165) is 6.29 Å². The van der Waals surface area contributed by atoms with Crippen molar-refractivity contribution in [2.75, 3.05) is 11.5 Å². The normalized spacial score (nSPS) is 24.9. The van der Waals surface area contributed by atoms with E-state index < -0.39 is 15.4 Å². The van der Waals surface area contributed by atoms with Crippen LogP contribution in [0.1, 0.15) is 23.7 Å². The summed E-state index contributed by atoms with van der Waals surface area (Å²) in [6.45, 7) is 1.85. The molecule has 0 N–H and O–H groups in total. The molecule has 0 aromatic carbocycles. The van der Waals surface area contributed by atoms with E-state index in [2.05, 4.69) is 10.1 Å². The van der Waals surface area contributed by atoms with E-state index in [-0.39, 0.29) is 11.5 Å². The van der Waals surface area contributed by atoms with E-state index in [4.69, 9.17) is 0 Å². The molecule has 2 aromatic heterocycles. The van der Waals surface area contributed by atoms with Crippen LogP contribution in [0.3, 0.4) is 0 Å². The Kier molecular flexibility index (Phi) is 3.02. The molecule has 0 bridgehead atoms. The van der Waals surface area contributed by atoms with Crippen molar-refractivity contribution < 1.29 is 13.2 Å². The first-order valence-corrected chi connectivity index (χ1v) is 8.79. The molecule has 8 heteroatoms. The zero-order valence-electron chi connectivity index (χ0n) is 10.8. The van der Waals surface area contributed by atoms with Crippen molar-refractivity contribution in [1.29, 1.82) is 0 Å². The van der Waals surface area contributed by atoms with Crippen molar-refractivity contribution in [1.82, 2.24) is 14.8 Å². The predicted molar refractivity (Wildman–Crippen MR) is 75.6 cm³/mol. The number of sulfone groups is 1. The fraction of sp³-hybridized carbons (Fsp3) is 0.417. The smallest absolute Gasteiger partial charge is 0.153 e. The number of aldehydes is 1. The topological polar surface area (TPSA) is 81.9 Å². The average Bonchev–Trinajstić information content (AvgIpc) is 3.07. The molecule has 1 saturated heterocycles. The van der Waals surface area contributed by atoms with Crippen LogP contribution >= 0.6 is 11.3 Å². The summed E-state index contributed by atoms with van der Waals surface area (Å²) in [5, 5.41) is 6.88. The van der Waals surface area contributed by atoms with Gasteiger partial charge in [-0.15, -0.1) is 11.3 Å². The SMILES string of the molecule is CC1(n2cc(C=O)c(-c3nccs3)n2)CCS(=O)(=O)C1. The Bertz CT molecular complexity index is 749. The van der Waals surface area contributed by atoms with Crippen LogP contribution in [0.2, 0.25) is 0 Å². The maximum Gasteiger partial charge on any atom is 0.153 e. The predicted octanol–water partition coefficient (Wildman–Crippen LogP) is 1.35. The van der Waals surface area contributed by atoms with Gasteiger partial charge in [-0.25, -0.2) is 13.4 Å². The first kappa shape index (κ1) is 13.4. The highest BCUT2D eigenvalue weighted by Crippen LogP contribution is 2.32. The van der Waals surface area contributed by atoms with E-state index in [9.17, 15) is 13.2 Å². The van der Waals surface area contributed by atoms with Crippen LogP contribution in [0.25, 0.3) is 10.7 Å².